The van der Waals surface area contributed by atoms with Gasteiger partial charge in [0.25, 0.3) is 5.72 Å². The maximum Gasteiger partial charge on any atom is 0.437 e. The number of halogens is 4. The zero-order valence-electron chi connectivity index (χ0n) is 12.4. The molecule has 132 valence electrons. The Morgan fingerprint density at radius 1 is 1.46 bits per heavy atom. The van der Waals surface area contributed by atoms with Gasteiger partial charge < -0.3 is 20.5 Å². The molecule has 3 N–H and O–H groups in total. The van der Waals surface area contributed by atoms with Crippen LogP contribution in [0.3, 0.4) is 0 Å². The minimum atomic E-state index is -5.23. The summed E-state index contributed by atoms with van der Waals surface area (Å²) in [7, 11) is 0. The molecule has 10 heteroatoms. The van der Waals surface area contributed by atoms with Crippen LogP contribution in [0.2, 0.25) is 0 Å². The van der Waals surface area contributed by atoms with Crippen LogP contribution < -0.4 is 10.6 Å². The number of aliphatic hydroxyl groups is 1. The molecule has 1 aliphatic rings. The maximum absolute atomic E-state index is 13.4. The molecule has 0 saturated carbocycles. The summed E-state index contributed by atoms with van der Waals surface area (Å²) in [5.74, 6) is -4.14. The molecular formula is C14H14F4N2O3S. The Labute approximate surface area is 140 Å². The fraction of sp³-hybridized carbons (Fsp3) is 0.429. The predicted molar refractivity (Wildman–Crippen MR) is 79.1 cm³/mol. The number of ether oxygens (including phenoxy) is 1. The second kappa shape index (κ2) is 6.52. The lowest BCUT2D eigenvalue weighted by molar-refractivity contribution is -0.292. The van der Waals surface area contributed by atoms with Crippen LogP contribution >= 0.6 is 12.2 Å². The standard InChI is InChI=1S/C14H14F4N2O3S/c1-2-23-11(21)9-10(7-4-3-5-8(15)6-7)19-12(24)20-13(9,22)14(16,17)18/h3-6,9-10,22H,2H2,1H3,(H2,19,20,24)/t9-,10+,13-/m1/s1. The highest BCUT2D eigenvalue weighted by molar-refractivity contribution is 7.80. The lowest BCUT2D eigenvalue weighted by atomic mass is 9.82. The van der Waals surface area contributed by atoms with E-state index in [1.54, 1.807) is 5.32 Å². The van der Waals surface area contributed by atoms with Gasteiger partial charge in [0, 0.05) is 0 Å². The van der Waals surface area contributed by atoms with Gasteiger partial charge in [-0.15, -0.1) is 0 Å². The van der Waals surface area contributed by atoms with Crippen molar-refractivity contribution < 1.29 is 32.2 Å². The van der Waals surface area contributed by atoms with E-state index in [1.807, 2.05) is 0 Å². The maximum atomic E-state index is 13.4. The Hall–Kier alpha value is -1.94. The molecule has 0 aliphatic carbocycles. The number of nitrogens with one attached hydrogen (secondary N) is 2. The summed E-state index contributed by atoms with van der Waals surface area (Å²) >= 11 is 4.71. The van der Waals surface area contributed by atoms with E-state index in [0.717, 1.165) is 12.1 Å². The van der Waals surface area contributed by atoms with Gasteiger partial charge in [-0.05, 0) is 36.8 Å². The number of alkyl halides is 3. The number of thiocarbonyl (C=S) groups is 1. The minimum Gasteiger partial charge on any atom is -0.466 e. The largest absolute Gasteiger partial charge is 0.466 e. The van der Waals surface area contributed by atoms with E-state index in [4.69, 9.17) is 12.2 Å². The highest BCUT2D eigenvalue weighted by Crippen LogP contribution is 2.43. The first-order valence-electron chi connectivity index (χ1n) is 6.90. The molecule has 5 nitrogen and oxygen atoms in total. The SMILES string of the molecule is CCOC(=O)[C@H]1[C@H](c2cccc(F)c2)NC(=S)N[C@]1(O)C(F)(F)F. The summed E-state index contributed by atoms with van der Waals surface area (Å²) in [5.41, 5.74) is -3.64. The molecule has 1 heterocycles. The number of esters is 1. The zero-order chi connectivity index (χ0) is 18.1. The Kier molecular flexibility index (Phi) is 5.00. The average molecular weight is 366 g/mol. The average Bonchev–Trinajstić information content (AvgIpc) is 2.45. The van der Waals surface area contributed by atoms with Crippen LogP contribution in [-0.4, -0.2) is 34.7 Å². The van der Waals surface area contributed by atoms with E-state index >= 15 is 0 Å². The second-order valence-corrected chi connectivity index (χ2v) is 5.53. The van der Waals surface area contributed by atoms with E-state index in [-0.39, 0.29) is 12.2 Å². The predicted octanol–water partition coefficient (Wildman–Crippen LogP) is 1.77. The summed E-state index contributed by atoms with van der Waals surface area (Å²) in [5, 5.41) is 13.8. The van der Waals surface area contributed by atoms with Crippen molar-refractivity contribution >= 4 is 23.3 Å². The van der Waals surface area contributed by atoms with Gasteiger partial charge in [0.15, 0.2) is 5.11 Å². The Bertz CT molecular complexity index is 655. The van der Waals surface area contributed by atoms with Crippen LogP contribution in [0, 0.1) is 11.7 Å². The molecule has 1 aliphatic heterocycles. The lowest BCUT2D eigenvalue weighted by Gasteiger charge is -2.45. The quantitative estimate of drug-likeness (QED) is 0.430. The summed E-state index contributed by atoms with van der Waals surface area (Å²) in [4.78, 5) is 12.1. The van der Waals surface area contributed by atoms with Crippen molar-refractivity contribution in [1.82, 2.24) is 10.6 Å². The van der Waals surface area contributed by atoms with Crippen molar-refractivity contribution in [3.63, 3.8) is 0 Å². The van der Waals surface area contributed by atoms with Crippen molar-refractivity contribution in [1.29, 1.82) is 0 Å². The summed E-state index contributed by atoms with van der Waals surface area (Å²) in [6.07, 6.45) is -5.23. The highest BCUT2D eigenvalue weighted by Gasteiger charge is 2.66. The van der Waals surface area contributed by atoms with Gasteiger partial charge in [-0.25, -0.2) is 4.39 Å². The molecule has 0 amide bonds. The van der Waals surface area contributed by atoms with Gasteiger partial charge in [-0.3, -0.25) is 4.79 Å². The van der Waals surface area contributed by atoms with Crippen molar-refractivity contribution in [2.45, 2.75) is 24.9 Å². The van der Waals surface area contributed by atoms with Crippen LogP contribution in [0.15, 0.2) is 24.3 Å². The number of rotatable bonds is 3. The number of benzene rings is 1. The third-order valence-corrected chi connectivity index (χ3v) is 3.77. The molecule has 24 heavy (non-hydrogen) atoms. The third-order valence-electron chi connectivity index (χ3n) is 3.55. The Morgan fingerprint density at radius 3 is 2.67 bits per heavy atom. The number of hydrogen-bond donors (Lipinski definition) is 3. The van der Waals surface area contributed by atoms with Crippen LogP contribution in [0.4, 0.5) is 17.6 Å². The number of carbonyl (C=O) groups excluding carboxylic acids is 1. The third kappa shape index (κ3) is 3.29. The van der Waals surface area contributed by atoms with Gasteiger partial charge in [-0.1, -0.05) is 12.1 Å². The molecule has 2 rings (SSSR count). The summed E-state index contributed by atoms with van der Waals surface area (Å²) in [6.45, 7) is 1.22. The first-order valence-corrected chi connectivity index (χ1v) is 7.31. The molecular weight excluding hydrogens is 352 g/mol. The van der Waals surface area contributed by atoms with E-state index in [9.17, 15) is 27.5 Å². The lowest BCUT2D eigenvalue weighted by Crippen LogP contribution is -2.73. The van der Waals surface area contributed by atoms with Gasteiger partial charge in [-0.2, -0.15) is 13.2 Å². The first-order chi connectivity index (χ1) is 11.1. The Morgan fingerprint density at radius 2 is 2.12 bits per heavy atom. The normalized spacial score (nSPS) is 27.2. The van der Waals surface area contributed by atoms with E-state index in [2.05, 4.69) is 10.1 Å². The highest BCUT2D eigenvalue weighted by atomic mass is 32.1. The Balaban J connectivity index is 2.57. The molecule has 0 bridgehead atoms. The topological polar surface area (TPSA) is 70.6 Å². The molecule has 1 fully saturated rings. The van der Waals surface area contributed by atoms with Crippen molar-refractivity contribution in [2.75, 3.05) is 6.61 Å². The smallest absolute Gasteiger partial charge is 0.437 e. The molecule has 1 aromatic carbocycles. The van der Waals surface area contributed by atoms with Gasteiger partial charge in [0.05, 0.1) is 12.6 Å². The van der Waals surface area contributed by atoms with Crippen LogP contribution in [0.1, 0.15) is 18.5 Å². The molecule has 1 aromatic rings. The van der Waals surface area contributed by atoms with Crippen LogP contribution in [0.25, 0.3) is 0 Å². The number of hydrogen-bond acceptors (Lipinski definition) is 4. The molecule has 0 radical (unpaired) electrons. The molecule has 0 spiro atoms. The van der Waals surface area contributed by atoms with E-state index in [1.165, 1.54) is 19.1 Å². The van der Waals surface area contributed by atoms with Gasteiger partial charge in [0.1, 0.15) is 11.7 Å². The van der Waals surface area contributed by atoms with Crippen molar-refractivity contribution in [3.8, 4) is 0 Å². The van der Waals surface area contributed by atoms with E-state index in [0.29, 0.717) is 0 Å². The minimum absolute atomic E-state index is 0.0135. The fourth-order valence-electron chi connectivity index (χ4n) is 2.51. The monoisotopic (exact) mass is 366 g/mol. The molecule has 0 unspecified atom stereocenters. The first kappa shape index (κ1) is 18.4. The summed E-state index contributed by atoms with van der Waals surface area (Å²) in [6, 6.07) is 3.21. The second-order valence-electron chi connectivity index (χ2n) is 5.12. The van der Waals surface area contributed by atoms with E-state index < -0.39 is 40.8 Å². The van der Waals surface area contributed by atoms with Gasteiger partial charge in [0.2, 0.25) is 0 Å². The van der Waals surface area contributed by atoms with Crippen molar-refractivity contribution in [2.24, 2.45) is 5.92 Å². The molecule has 1 saturated heterocycles. The fourth-order valence-corrected chi connectivity index (χ4v) is 2.80. The molecule has 0 aromatic heterocycles. The zero-order valence-corrected chi connectivity index (χ0v) is 13.2. The number of carbonyl (C=O) groups is 1. The molecule has 3 atom stereocenters. The van der Waals surface area contributed by atoms with Crippen LogP contribution in [-0.2, 0) is 9.53 Å². The summed E-state index contributed by atoms with van der Waals surface area (Å²) < 4.78 is 58.4. The van der Waals surface area contributed by atoms with Crippen molar-refractivity contribution in [3.05, 3.63) is 35.6 Å². The van der Waals surface area contributed by atoms with Gasteiger partial charge >= 0.3 is 12.1 Å². The van der Waals surface area contributed by atoms with Crippen LogP contribution in [0.5, 0.6) is 0 Å².